The minimum atomic E-state index is -0.159. The Balaban J connectivity index is 1.30. The van der Waals surface area contributed by atoms with Crippen molar-refractivity contribution in [1.29, 1.82) is 0 Å². The van der Waals surface area contributed by atoms with Gasteiger partial charge in [0.2, 0.25) is 5.91 Å². The van der Waals surface area contributed by atoms with Crippen molar-refractivity contribution in [3.05, 3.63) is 59.2 Å². The standard InChI is InChI=1S/C22H25N3O3S/c26-18-7-9-25(10-8-18)13-16-3-1-15(2-4-16)12-23-22(28)17-5-6-20-19(11-17)24-21(27)14-29-20/h1-6,11,18,26H,7-10,12-14H2,(H,23,28)(H,24,27). The second-order valence-corrected chi connectivity index (χ2v) is 8.57. The molecule has 7 heteroatoms. The SMILES string of the molecule is O=C1CSc2ccc(C(=O)NCc3ccc(CN4CCC(O)CC4)cc3)cc2N1. The molecule has 0 aromatic heterocycles. The minimum absolute atomic E-state index is 0.0409. The quantitative estimate of drug-likeness (QED) is 0.705. The van der Waals surface area contributed by atoms with E-state index in [4.69, 9.17) is 0 Å². The van der Waals surface area contributed by atoms with Crippen molar-refractivity contribution >= 4 is 29.3 Å². The summed E-state index contributed by atoms with van der Waals surface area (Å²) in [6.07, 6.45) is 1.53. The van der Waals surface area contributed by atoms with Gasteiger partial charge in [0.1, 0.15) is 0 Å². The lowest BCUT2D eigenvalue weighted by molar-refractivity contribution is -0.113. The Labute approximate surface area is 174 Å². The molecule has 1 saturated heterocycles. The second kappa shape index (κ2) is 8.98. The number of amides is 2. The van der Waals surface area contributed by atoms with E-state index in [0.29, 0.717) is 23.5 Å². The molecule has 2 heterocycles. The Hall–Kier alpha value is -2.35. The Morgan fingerprint density at radius 3 is 2.62 bits per heavy atom. The number of piperidine rings is 1. The highest BCUT2D eigenvalue weighted by Crippen LogP contribution is 2.31. The van der Waals surface area contributed by atoms with E-state index in [2.05, 4.69) is 27.7 Å². The van der Waals surface area contributed by atoms with Crippen LogP contribution in [-0.4, -0.2) is 46.8 Å². The van der Waals surface area contributed by atoms with Crippen LogP contribution in [0.4, 0.5) is 5.69 Å². The zero-order valence-corrected chi connectivity index (χ0v) is 17.0. The predicted octanol–water partition coefficient (Wildman–Crippen LogP) is 2.62. The molecule has 29 heavy (non-hydrogen) atoms. The molecule has 2 aromatic rings. The van der Waals surface area contributed by atoms with Crippen LogP contribution >= 0.6 is 11.8 Å². The normalized spacial score (nSPS) is 17.5. The van der Waals surface area contributed by atoms with Crippen LogP contribution in [-0.2, 0) is 17.9 Å². The fraction of sp³-hybridized carbons (Fsp3) is 0.364. The smallest absolute Gasteiger partial charge is 0.251 e. The lowest BCUT2D eigenvalue weighted by Gasteiger charge is -2.29. The molecule has 6 nitrogen and oxygen atoms in total. The van der Waals surface area contributed by atoms with Crippen LogP contribution in [0.3, 0.4) is 0 Å². The van der Waals surface area contributed by atoms with E-state index in [1.54, 1.807) is 12.1 Å². The van der Waals surface area contributed by atoms with Crippen molar-refractivity contribution in [2.24, 2.45) is 0 Å². The van der Waals surface area contributed by atoms with Gasteiger partial charge < -0.3 is 15.7 Å². The van der Waals surface area contributed by atoms with Gasteiger partial charge in [-0.25, -0.2) is 0 Å². The van der Waals surface area contributed by atoms with Crippen LogP contribution < -0.4 is 10.6 Å². The third-order valence-corrected chi connectivity index (χ3v) is 6.39. The number of aliphatic hydroxyl groups excluding tert-OH is 1. The first-order valence-electron chi connectivity index (χ1n) is 9.90. The maximum Gasteiger partial charge on any atom is 0.251 e. The van der Waals surface area contributed by atoms with Crippen LogP contribution in [0.15, 0.2) is 47.4 Å². The highest BCUT2D eigenvalue weighted by atomic mass is 32.2. The maximum atomic E-state index is 12.5. The molecule has 0 bridgehead atoms. The third kappa shape index (κ3) is 5.18. The Kier molecular flexibility index (Phi) is 6.18. The average molecular weight is 412 g/mol. The number of anilines is 1. The highest BCUT2D eigenvalue weighted by Gasteiger charge is 2.18. The number of hydrogen-bond donors (Lipinski definition) is 3. The number of aliphatic hydroxyl groups is 1. The van der Waals surface area contributed by atoms with Gasteiger partial charge >= 0.3 is 0 Å². The van der Waals surface area contributed by atoms with Gasteiger partial charge in [-0.1, -0.05) is 24.3 Å². The number of thioether (sulfide) groups is 1. The molecule has 0 spiro atoms. The van der Waals surface area contributed by atoms with Crippen LogP contribution in [0, 0.1) is 0 Å². The van der Waals surface area contributed by atoms with E-state index in [-0.39, 0.29) is 17.9 Å². The van der Waals surface area contributed by atoms with Crippen LogP contribution in [0.5, 0.6) is 0 Å². The monoisotopic (exact) mass is 411 g/mol. The minimum Gasteiger partial charge on any atom is -0.393 e. The van der Waals surface area contributed by atoms with Gasteiger partial charge in [-0.3, -0.25) is 14.5 Å². The van der Waals surface area contributed by atoms with Crippen molar-refractivity contribution in [3.63, 3.8) is 0 Å². The molecule has 4 rings (SSSR count). The van der Waals surface area contributed by atoms with Gasteiger partial charge in [-0.05, 0) is 42.2 Å². The first-order chi connectivity index (χ1) is 14.1. The molecule has 0 radical (unpaired) electrons. The predicted molar refractivity (Wildman–Crippen MR) is 114 cm³/mol. The van der Waals surface area contributed by atoms with Crippen molar-refractivity contribution in [2.45, 2.75) is 36.9 Å². The van der Waals surface area contributed by atoms with Gasteiger partial charge in [-0.15, -0.1) is 11.8 Å². The molecular formula is C22H25N3O3S. The zero-order valence-electron chi connectivity index (χ0n) is 16.2. The van der Waals surface area contributed by atoms with Crippen LogP contribution in [0.1, 0.15) is 34.3 Å². The van der Waals surface area contributed by atoms with E-state index in [1.807, 2.05) is 18.2 Å². The first kappa shape index (κ1) is 19.9. The molecule has 3 N–H and O–H groups in total. The summed E-state index contributed by atoms with van der Waals surface area (Å²) in [5, 5.41) is 15.4. The molecule has 0 atom stereocenters. The molecule has 2 amide bonds. The summed E-state index contributed by atoms with van der Waals surface area (Å²) in [7, 11) is 0. The molecule has 0 aliphatic carbocycles. The molecular weight excluding hydrogens is 386 g/mol. The van der Waals surface area contributed by atoms with E-state index < -0.39 is 0 Å². The number of nitrogens with zero attached hydrogens (tertiary/aromatic N) is 1. The van der Waals surface area contributed by atoms with Crippen molar-refractivity contribution in [1.82, 2.24) is 10.2 Å². The summed E-state index contributed by atoms with van der Waals surface area (Å²) in [6.45, 7) is 3.20. The van der Waals surface area contributed by atoms with Gasteiger partial charge in [0.25, 0.3) is 5.91 Å². The maximum absolute atomic E-state index is 12.5. The Morgan fingerprint density at radius 1 is 1.14 bits per heavy atom. The molecule has 0 saturated carbocycles. The number of likely N-dealkylation sites (tertiary alicyclic amines) is 1. The van der Waals surface area contributed by atoms with Gasteiger partial charge in [0, 0.05) is 36.6 Å². The second-order valence-electron chi connectivity index (χ2n) is 7.55. The number of hydrogen-bond acceptors (Lipinski definition) is 5. The Bertz CT molecular complexity index is 893. The molecule has 2 aliphatic heterocycles. The summed E-state index contributed by atoms with van der Waals surface area (Å²) in [6, 6.07) is 13.7. The number of nitrogens with one attached hydrogen (secondary N) is 2. The number of fused-ring (bicyclic) bond motifs is 1. The van der Waals surface area contributed by atoms with E-state index >= 15 is 0 Å². The van der Waals surface area contributed by atoms with Crippen LogP contribution in [0.2, 0.25) is 0 Å². The van der Waals surface area contributed by atoms with Crippen molar-refractivity contribution in [3.8, 4) is 0 Å². The lowest BCUT2D eigenvalue weighted by atomic mass is 10.1. The summed E-state index contributed by atoms with van der Waals surface area (Å²) >= 11 is 1.48. The summed E-state index contributed by atoms with van der Waals surface area (Å²) < 4.78 is 0. The molecule has 0 unspecified atom stereocenters. The number of rotatable bonds is 5. The van der Waals surface area contributed by atoms with Crippen LogP contribution in [0.25, 0.3) is 0 Å². The highest BCUT2D eigenvalue weighted by molar-refractivity contribution is 8.00. The first-order valence-corrected chi connectivity index (χ1v) is 10.9. The van der Waals surface area contributed by atoms with Gasteiger partial charge in [-0.2, -0.15) is 0 Å². The summed E-state index contributed by atoms with van der Waals surface area (Å²) in [5.41, 5.74) is 3.52. The van der Waals surface area contributed by atoms with E-state index in [9.17, 15) is 14.7 Å². The number of carbonyl (C=O) groups is 2. The Morgan fingerprint density at radius 2 is 1.86 bits per heavy atom. The third-order valence-electron chi connectivity index (χ3n) is 5.31. The molecule has 1 fully saturated rings. The largest absolute Gasteiger partial charge is 0.393 e. The molecule has 2 aliphatic rings. The summed E-state index contributed by atoms with van der Waals surface area (Å²) in [4.78, 5) is 27.4. The zero-order chi connectivity index (χ0) is 20.2. The van der Waals surface area contributed by atoms with E-state index in [1.165, 1.54) is 17.3 Å². The van der Waals surface area contributed by atoms with E-state index in [0.717, 1.165) is 42.9 Å². The number of benzene rings is 2. The molecule has 2 aromatic carbocycles. The van der Waals surface area contributed by atoms with Gasteiger partial charge in [0.15, 0.2) is 0 Å². The number of carbonyl (C=O) groups excluding carboxylic acids is 2. The van der Waals surface area contributed by atoms with Crippen molar-refractivity contribution in [2.75, 3.05) is 24.2 Å². The topological polar surface area (TPSA) is 81.7 Å². The summed E-state index contributed by atoms with van der Waals surface area (Å²) in [5.74, 6) is 0.211. The fourth-order valence-electron chi connectivity index (χ4n) is 3.61. The van der Waals surface area contributed by atoms with Crippen molar-refractivity contribution < 1.29 is 14.7 Å². The average Bonchev–Trinajstić information content (AvgIpc) is 2.74. The van der Waals surface area contributed by atoms with Gasteiger partial charge in [0.05, 0.1) is 17.5 Å². The molecule has 152 valence electrons. The fourth-order valence-corrected chi connectivity index (χ4v) is 4.40. The lowest BCUT2D eigenvalue weighted by Crippen LogP contribution is -2.35.